The summed E-state index contributed by atoms with van der Waals surface area (Å²) in [6.07, 6.45) is 2.24. The fourth-order valence-electron chi connectivity index (χ4n) is 3.45. The summed E-state index contributed by atoms with van der Waals surface area (Å²) < 4.78 is 17.3. The number of ether oxygens (including phenoxy) is 3. The molecule has 1 aliphatic rings. The first-order chi connectivity index (χ1) is 15.8. The van der Waals surface area contributed by atoms with E-state index in [0.29, 0.717) is 18.9 Å². The lowest BCUT2D eigenvalue weighted by Crippen LogP contribution is -2.22. The summed E-state index contributed by atoms with van der Waals surface area (Å²) in [4.78, 5) is 12.4. The molecular weight excluding hydrogens is 404 g/mol. The van der Waals surface area contributed by atoms with E-state index in [2.05, 4.69) is 10.6 Å². The van der Waals surface area contributed by atoms with Crippen LogP contribution in [0.3, 0.4) is 0 Å². The van der Waals surface area contributed by atoms with Crippen LogP contribution in [0.5, 0.6) is 11.5 Å². The first-order valence-electron chi connectivity index (χ1n) is 10.9. The molecule has 0 spiro atoms. The van der Waals surface area contributed by atoms with Gasteiger partial charge in [-0.05, 0) is 54.8 Å². The highest BCUT2D eigenvalue weighted by Gasteiger charge is 2.16. The predicted octanol–water partition coefficient (Wildman–Crippen LogP) is 4.87. The van der Waals surface area contributed by atoms with Crippen LogP contribution < -0.4 is 20.1 Å². The number of rotatable bonds is 10. The molecule has 0 aromatic heterocycles. The number of benzene rings is 3. The van der Waals surface area contributed by atoms with Crippen molar-refractivity contribution in [2.24, 2.45) is 0 Å². The zero-order valence-corrected chi connectivity index (χ0v) is 18.0. The van der Waals surface area contributed by atoms with Gasteiger partial charge in [0.25, 0.3) is 0 Å². The molecule has 0 bridgehead atoms. The van der Waals surface area contributed by atoms with Crippen molar-refractivity contribution in [2.75, 3.05) is 30.4 Å². The van der Waals surface area contributed by atoms with Crippen molar-refractivity contribution in [3.63, 3.8) is 0 Å². The van der Waals surface area contributed by atoms with Gasteiger partial charge in [0.1, 0.15) is 24.7 Å². The Morgan fingerprint density at radius 2 is 1.72 bits per heavy atom. The topological polar surface area (TPSA) is 68.8 Å². The molecule has 1 aliphatic heterocycles. The fraction of sp³-hybridized carbons (Fsp3) is 0.269. The second-order valence-corrected chi connectivity index (χ2v) is 7.64. The molecule has 6 heteroatoms. The summed E-state index contributed by atoms with van der Waals surface area (Å²) in [5.41, 5.74) is 2.60. The average molecular weight is 433 g/mol. The van der Waals surface area contributed by atoms with Crippen molar-refractivity contribution in [1.29, 1.82) is 0 Å². The van der Waals surface area contributed by atoms with Crippen molar-refractivity contribution in [2.45, 2.75) is 25.6 Å². The molecule has 1 heterocycles. The molecule has 0 aliphatic carbocycles. The van der Waals surface area contributed by atoms with Crippen LogP contribution in [0.15, 0.2) is 78.9 Å². The van der Waals surface area contributed by atoms with Gasteiger partial charge in [0.15, 0.2) is 0 Å². The zero-order valence-electron chi connectivity index (χ0n) is 18.0. The summed E-state index contributed by atoms with van der Waals surface area (Å²) >= 11 is 0. The highest BCUT2D eigenvalue weighted by molar-refractivity contribution is 5.94. The van der Waals surface area contributed by atoms with Gasteiger partial charge in [-0.3, -0.25) is 4.79 Å². The van der Waals surface area contributed by atoms with Gasteiger partial charge in [0, 0.05) is 12.3 Å². The Balaban J connectivity index is 1.23. The minimum atomic E-state index is -0.142. The first kappa shape index (κ1) is 21.7. The summed E-state index contributed by atoms with van der Waals surface area (Å²) in [6, 6.07) is 25.0. The van der Waals surface area contributed by atoms with E-state index in [1.54, 1.807) is 0 Å². The van der Waals surface area contributed by atoms with E-state index in [4.69, 9.17) is 14.2 Å². The minimum Gasteiger partial charge on any atom is -0.489 e. The Hall–Kier alpha value is -3.51. The van der Waals surface area contributed by atoms with E-state index < -0.39 is 0 Å². The van der Waals surface area contributed by atoms with Crippen LogP contribution in [-0.4, -0.2) is 31.8 Å². The first-order valence-corrected chi connectivity index (χ1v) is 10.9. The molecule has 1 saturated heterocycles. The second kappa shape index (κ2) is 11.2. The van der Waals surface area contributed by atoms with Crippen LogP contribution in [0.1, 0.15) is 18.4 Å². The number of anilines is 2. The van der Waals surface area contributed by atoms with Crippen molar-refractivity contribution in [3.8, 4) is 11.5 Å². The normalized spacial score (nSPS) is 15.2. The SMILES string of the molecule is O=C(CNc1ccccc1OCC1CCCO1)Nc1ccc(OCc2ccccc2)cc1. The Labute approximate surface area is 188 Å². The monoisotopic (exact) mass is 432 g/mol. The van der Waals surface area contributed by atoms with Gasteiger partial charge >= 0.3 is 0 Å². The molecular formula is C26H28N2O4. The van der Waals surface area contributed by atoms with Gasteiger partial charge in [-0.1, -0.05) is 42.5 Å². The average Bonchev–Trinajstić information content (AvgIpc) is 3.36. The van der Waals surface area contributed by atoms with E-state index in [-0.39, 0.29) is 18.6 Å². The predicted molar refractivity (Wildman–Crippen MR) is 125 cm³/mol. The molecule has 32 heavy (non-hydrogen) atoms. The molecule has 3 aromatic rings. The van der Waals surface area contributed by atoms with Crippen LogP contribution in [0.25, 0.3) is 0 Å². The number of carbonyl (C=O) groups is 1. The minimum absolute atomic E-state index is 0.132. The molecule has 166 valence electrons. The standard InChI is InChI=1S/C26H28N2O4/c29-26(17-27-24-10-4-5-11-25(24)32-19-23-9-6-16-30-23)28-21-12-14-22(15-13-21)31-18-20-7-2-1-3-8-20/h1-5,7-8,10-15,23,27H,6,9,16-19H2,(H,28,29). The number of hydrogen-bond donors (Lipinski definition) is 2. The summed E-state index contributed by atoms with van der Waals surface area (Å²) in [5.74, 6) is 1.33. The molecule has 6 nitrogen and oxygen atoms in total. The highest BCUT2D eigenvalue weighted by atomic mass is 16.5. The van der Waals surface area contributed by atoms with E-state index in [1.807, 2.05) is 78.9 Å². The quantitative estimate of drug-likeness (QED) is 0.478. The molecule has 2 N–H and O–H groups in total. The Kier molecular flexibility index (Phi) is 7.60. The van der Waals surface area contributed by atoms with Crippen molar-refractivity contribution < 1.29 is 19.0 Å². The molecule has 1 fully saturated rings. The van der Waals surface area contributed by atoms with Gasteiger partial charge < -0.3 is 24.8 Å². The largest absolute Gasteiger partial charge is 0.489 e. The van der Waals surface area contributed by atoms with Crippen LogP contribution >= 0.6 is 0 Å². The second-order valence-electron chi connectivity index (χ2n) is 7.64. The molecule has 1 unspecified atom stereocenters. The molecule has 0 saturated carbocycles. The third-order valence-corrected chi connectivity index (χ3v) is 5.16. The Bertz CT molecular complexity index is 986. The third-order valence-electron chi connectivity index (χ3n) is 5.16. The smallest absolute Gasteiger partial charge is 0.243 e. The summed E-state index contributed by atoms with van der Waals surface area (Å²) in [7, 11) is 0. The maximum Gasteiger partial charge on any atom is 0.243 e. The van der Waals surface area contributed by atoms with Crippen LogP contribution in [-0.2, 0) is 16.1 Å². The van der Waals surface area contributed by atoms with Crippen molar-refractivity contribution in [1.82, 2.24) is 0 Å². The summed E-state index contributed by atoms with van der Waals surface area (Å²) in [6.45, 7) is 1.95. The zero-order chi connectivity index (χ0) is 22.0. The molecule has 3 aromatic carbocycles. The molecule has 4 rings (SSSR count). The fourth-order valence-corrected chi connectivity index (χ4v) is 3.45. The third kappa shape index (κ3) is 6.49. The van der Waals surface area contributed by atoms with Crippen LogP contribution in [0, 0.1) is 0 Å². The summed E-state index contributed by atoms with van der Waals surface area (Å²) in [5, 5.41) is 6.05. The van der Waals surface area contributed by atoms with Gasteiger partial charge in [-0.15, -0.1) is 0 Å². The molecule has 0 radical (unpaired) electrons. The van der Waals surface area contributed by atoms with Crippen LogP contribution in [0.4, 0.5) is 11.4 Å². The van der Waals surface area contributed by atoms with Gasteiger partial charge in [-0.25, -0.2) is 0 Å². The van der Waals surface area contributed by atoms with Gasteiger partial charge in [0.05, 0.1) is 18.3 Å². The van der Waals surface area contributed by atoms with E-state index in [9.17, 15) is 4.79 Å². The molecule has 1 atom stereocenters. The lowest BCUT2D eigenvalue weighted by Gasteiger charge is -2.15. The lowest BCUT2D eigenvalue weighted by molar-refractivity contribution is -0.114. The van der Waals surface area contributed by atoms with Crippen molar-refractivity contribution >= 4 is 17.3 Å². The number of amides is 1. The van der Waals surface area contributed by atoms with E-state index in [0.717, 1.165) is 42.2 Å². The lowest BCUT2D eigenvalue weighted by atomic mass is 10.2. The Morgan fingerprint density at radius 3 is 2.50 bits per heavy atom. The van der Waals surface area contributed by atoms with Crippen molar-refractivity contribution in [3.05, 3.63) is 84.4 Å². The van der Waals surface area contributed by atoms with Gasteiger partial charge in [-0.2, -0.15) is 0 Å². The number of carbonyl (C=O) groups excluding carboxylic acids is 1. The maximum absolute atomic E-state index is 12.4. The number of nitrogens with one attached hydrogen (secondary N) is 2. The maximum atomic E-state index is 12.4. The number of para-hydroxylation sites is 2. The van der Waals surface area contributed by atoms with E-state index in [1.165, 1.54) is 0 Å². The number of hydrogen-bond acceptors (Lipinski definition) is 5. The Morgan fingerprint density at radius 1 is 0.938 bits per heavy atom. The highest BCUT2D eigenvalue weighted by Crippen LogP contribution is 2.25. The van der Waals surface area contributed by atoms with Gasteiger partial charge in [0.2, 0.25) is 5.91 Å². The van der Waals surface area contributed by atoms with E-state index >= 15 is 0 Å². The van der Waals surface area contributed by atoms with Crippen LogP contribution in [0.2, 0.25) is 0 Å². The molecule has 1 amide bonds.